The van der Waals surface area contributed by atoms with E-state index >= 15 is 0 Å². The molecule has 0 aliphatic heterocycles. The quantitative estimate of drug-likeness (QED) is 0.923. The van der Waals surface area contributed by atoms with E-state index in [-0.39, 0.29) is 18.0 Å². The van der Waals surface area contributed by atoms with E-state index in [0.717, 1.165) is 11.8 Å². The second-order valence-corrected chi connectivity index (χ2v) is 4.37. The Balaban J connectivity index is 2.08. The zero-order valence-corrected chi connectivity index (χ0v) is 11.1. The molecule has 0 spiro atoms. The summed E-state index contributed by atoms with van der Waals surface area (Å²) in [4.78, 5) is 11.9. The number of carbonyl (C=O) groups excluding carboxylic acids is 1. The number of rotatable bonds is 3. The summed E-state index contributed by atoms with van der Waals surface area (Å²) in [6.07, 6.45) is 1.47. The summed E-state index contributed by atoms with van der Waals surface area (Å²) >= 11 is 0. The molecular formula is C14H13FN4O. The molecule has 0 fully saturated rings. The second kappa shape index (κ2) is 5.53. The fraction of sp³-hybridized carbons (Fsp3) is 0.214. The van der Waals surface area contributed by atoms with E-state index < -0.39 is 5.82 Å². The van der Waals surface area contributed by atoms with E-state index in [1.807, 2.05) is 6.07 Å². The molecule has 0 unspecified atom stereocenters. The van der Waals surface area contributed by atoms with Gasteiger partial charge in [0, 0.05) is 24.8 Å². The van der Waals surface area contributed by atoms with Gasteiger partial charge in [0.05, 0.1) is 23.4 Å². The first-order valence-corrected chi connectivity index (χ1v) is 5.98. The Morgan fingerprint density at radius 2 is 2.30 bits per heavy atom. The molecule has 0 saturated heterocycles. The van der Waals surface area contributed by atoms with Gasteiger partial charge in [-0.3, -0.25) is 9.48 Å². The monoisotopic (exact) mass is 272 g/mol. The highest BCUT2D eigenvalue weighted by atomic mass is 19.1. The third-order valence-corrected chi connectivity index (χ3v) is 3.10. The lowest BCUT2D eigenvalue weighted by Crippen LogP contribution is -2.23. The molecule has 20 heavy (non-hydrogen) atoms. The maximum Gasteiger partial charge on any atom is 0.255 e. The average molecular weight is 272 g/mol. The zero-order valence-electron chi connectivity index (χ0n) is 11.1. The molecule has 6 heteroatoms. The Labute approximate surface area is 115 Å². The smallest absolute Gasteiger partial charge is 0.255 e. The van der Waals surface area contributed by atoms with E-state index in [1.165, 1.54) is 18.3 Å². The number of nitrogens with one attached hydrogen (secondary N) is 1. The van der Waals surface area contributed by atoms with Crippen LogP contribution in [0, 0.1) is 24.1 Å². The number of nitriles is 1. The lowest BCUT2D eigenvalue weighted by molar-refractivity contribution is 0.0950. The van der Waals surface area contributed by atoms with Gasteiger partial charge in [-0.25, -0.2) is 4.39 Å². The number of aromatic nitrogens is 2. The Hall–Kier alpha value is -2.68. The van der Waals surface area contributed by atoms with Crippen LogP contribution in [0.15, 0.2) is 24.4 Å². The molecule has 2 rings (SSSR count). The number of benzene rings is 1. The van der Waals surface area contributed by atoms with Crippen LogP contribution in [0.25, 0.3) is 0 Å². The summed E-state index contributed by atoms with van der Waals surface area (Å²) < 4.78 is 15.2. The maximum atomic E-state index is 13.7. The van der Waals surface area contributed by atoms with Crippen molar-refractivity contribution in [2.24, 2.45) is 7.05 Å². The minimum atomic E-state index is -0.507. The molecule has 0 bridgehead atoms. The molecule has 0 saturated carbocycles. The summed E-state index contributed by atoms with van der Waals surface area (Å²) in [5, 5.41) is 15.3. The first-order valence-electron chi connectivity index (χ1n) is 5.98. The van der Waals surface area contributed by atoms with Crippen molar-refractivity contribution in [2.45, 2.75) is 13.5 Å². The van der Waals surface area contributed by atoms with Gasteiger partial charge in [-0.1, -0.05) is 6.07 Å². The Bertz CT molecular complexity index is 700. The number of hydrogen-bond donors (Lipinski definition) is 1. The Kier molecular flexibility index (Phi) is 3.80. The van der Waals surface area contributed by atoms with E-state index in [1.54, 1.807) is 18.7 Å². The molecule has 1 aromatic heterocycles. The average Bonchev–Trinajstić information content (AvgIpc) is 2.77. The molecule has 0 atom stereocenters. The van der Waals surface area contributed by atoms with Gasteiger partial charge in [0.2, 0.25) is 0 Å². The fourth-order valence-corrected chi connectivity index (χ4v) is 1.75. The van der Waals surface area contributed by atoms with Gasteiger partial charge in [-0.2, -0.15) is 10.4 Å². The topological polar surface area (TPSA) is 70.7 Å². The fourth-order valence-electron chi connectivity index (χ4n) is 1.75. The third-order valence-electron chi connectivity index (χ3n) is 3.10. The molecule has 0 radical (unpaired) electrons. The van der Waals surface area contributed by atoms with Crippen LogP contribution >= 0.6 is 0 Å². The van der Waals surface area contributed by atoms with Crippen LogP contribution in [0.3, 0.4) is 0 Å². The van der Waals surface area contributed by atoms with Gasteiger partial charge in [0.25, 0.3) is 5.91 Å². The van der Waals surface area contributed by atoms with Crippen molar-refractivity contribution in [1.29, 1.82) is 5.26 Å². The highest BCUT2D eigenvalue weighted by Gasteiger charge is 2.13. The van der Waals surface area contributed by atoms with E-state index in [9.17, 15) is 9.18 Å². The van der Waals surface area contributed by atoms with Crippen molar-refractivity contribution in [3.8, 4) is 6.07 Å². The van der Waals surface area contributed by atoms with Crippen LogP contribution in [-0.2, 0) is 13.6 Å². The number of halogens is 1. The van der Waals surface area contributed by atoms with Crippen LogP contribution < -0.4 is 5.32 Å². The van der Waals surface area contributed by atoms with E-state index in [4.69, 9.17) is 5.26 Å². The van der Waals surface area contributed by atoms with Gasteiger partial charge in [0.1, 0.15) is 5.82 Å². The first kappa shape index (κ1) is 13.7. The standard InChI is InChI=1S/C14H13FN4O/c1-9-12(8-18-19(9)2)14(20)17-7-11-4-3-10(6-16)5-13(11)15/h3-5,8H,7H2,1-2H3,(H,17,20). The molecule has 2 aromatic rings. The summed E-state index contributed by atoms with van der Waals surface area (Å²) in [7, 11) is 1.74. The first-order chi connectivity index (χ1) is 9.52. The van der Waals surface area contributed by atoms with Crippen LogP contribution in [0.1, 0.15) is 27.2 Å². The lowest BCUT2D eigenvalue weighted by atomic mass is 10.1. The largest absolute Gasteiger partial charge is 0.348 e. The molecule has 0 aliphatic carbocycles. The predicted molar refractivity (Wildman–Crippen MR) is 70.2 cm³/mol. The van der Waals surface area contributed by atoms with Gasteiger partial charge in [-0.05, 0) is 19.1 Å². The summed E-state index contributed by atoms with van der Waals surface area (Å²) in [6, 6.07) is 6.01. The minimum Gasteiger partial charge on any atom is -0.348 e. The molecule has 1 heterocycles. The van der Waals surface area contributed by atoms with Crippen molar-refractivity contribution in [2.75, 3.05) is 0 Å². The zero-order chi connectivity index (χ0) is 14.7. The molecule has 5 nitrogen and oxygen atoms in total. The van der Waals surface area contributed by atoms with Gasteiger partial charge in [0.15, 0.2) is 0 Å². The third kappa shape index (κ3) is 2.67. The van der Waals surface area contributed by atoms with Crippen LogP contribution in [0.5, 0.6) is 0 Å². The van der Waals surface area contributed by atoms with E-state index in [0.29, 0.717) is 11.1 Å². The number of carbonyl (C=O) groups is 1. The van der Waals surface area contributed by atoms with Crippen LogP contribution in [0.4, 0.5) is 4.39 Å². The van der Waals surface area contributed by atoms with Crippen LogP contribution in [-0.4, -0.2) is 15.7 Å². The maximum absolute atomic E-state index is 13.7. The van der Waals surface area contributed by atoms with Crippen molar-refractivity contribution in [3.05, 3.63) is 52.6 Å². The summed E-state index contributed by atoms with van der Waals surface area (Å²) in [6.45, 7) is 1.84. The molecule has 0 aliphatic rings. The van der Waals surface area contributed by atoms with Crippen molar-refractivity contribution >= 4 is 5.91 Å². The van der Waals surface area contributed by atoms with Gasteiger partial charge in [-0.15, -0.1) is 0 Å². The highest BCUT2D eigenvalue weighted by molar-refractivity contribution is 5.94. The SMILES string of the molecule is Cc1c(C(=O)NCc2ccc(C#N)cc2F)cnn1C. The lowest BCUT2D eigenvalue weighted by Gasteiger charge is -2.06. The van der Waals surface area contributed by atoms with Crippen molar-refractivity contribution in [3.63, 3.8) is 0 Å². The molecule has 1 amide bonds. The van der Waals surface area contributed by atoms with Crippen LogP contribution in [0.2, 0.25) is 0 Å². The molecule has 102 valence electrons. The molecule has 1 aromatic carbocycles. The number of nitrogens with zero attached hydrogens (tertiary/aromatic N) is 3. The summed E-state index contributed by atoms with van der Waals surface area (Å²) in [5.74, 6) is -0.813. The van der Waals surface area contributed by atoms with Gasteiger partial charge < -0.3 is 5.32 Å². The van der Waals surface area contributed by atoms with Crippen molar-refractivity contribution in [1.82, 2.24) is 15.1 Å². The Morgan fingerprint density at radius 1 is 1.55 bits per heavy atom. The predicted octanol–water partition coefficient (Wildman–Crippen LogP) is 1.67. The second-order valence-electron chi connectivity index (χ2n) is 4.37. The number of amides is 1. The number of hydrogen-bond acceptors (Lipinski definition) is 3. The normalized spacial score (nSPS) is 10.1. The summed E-state index contributed by atoms with van der Waals surface area (Å²) in [5.41, 5.74) is 1.78. The minimum absolute atomic E-state index is 0.0602. The Morgan fingerprint density at radius 3 is 2.85 bits per heavy atom. The molecule has 1 N–H and O–H groups in total. The van der Waals surface area contributed by atoms with E-state index in [2.05, 4.69) is 10.4 Å². The molecular weight excluding hydrogens is 259 g/mol. The number of aryl methyl sites for hydroxylation is 1. The van der Waals surface area contributed by atoms with Crippen molar-refractivity contribution < 1.29 is 9.18 Å². The van der Waals surface area contributed by atoms with Gasteiger partial charge >= 0.3 is 0 Å². The highest BCUT2D eigenvalue weighted by Crippen LogP contribution is 2.11.